The zero-order valence-corrected chi connectivity index (χ0v) is 11.0. The summed E-state index contributed by atoms with van der Waals surface area (Å²) in [7, 11) is 1.44. The number of azide groups is 1. The topological polar surface area (TPSA) is 101 Å². The Morgan fingerprint density at radius 2 is 2.06 bits per heavy atom. The number of rotatable bonds is 9. The van der Waals surface area contributed by atoms with Crippen molar-refractivity contribution in [3.05, 3.63) is 10.4 Å². The molecule has 18 heavy (non-hydrogen) atoms. The molecule has 0 aliphatic carbocycles. The zero-order chi connectivity index (χ0) is 14.0. The summed E-state index contributed by atoms with van der Waals surface area (Å²) in [5.74, 6) is -1.26. The third-order valence-corrected chi connectivity index (χ3v) is 2.55. The number of methoxy groups -OCH3 is 1. The van der Waals surface area contributed by atoms with Gasteiger partial charge in [-0.2, -0.15) is 0 Å². The number of Topliss-reactive ketones (excluding diaryl/α,β-unsaturated/α-hetero) is 1. The van der Waals surface area contributed by atoms with Crippen molar-refractivity contribution < 1.29 is 19.1 Å². The predicted octanol–water partition coefficient (Wildman–Crippen LogP) is 1.86. The van der Waals surface area contributed by atoms with Crippen molar-refractivity contribution in [2.45, 2.75) is 32.8 Å². The molecule has 0 aliphatic heterocycles. The van der Waals surface area contributed by atoms with Crippen LogP contribution in [0.1, 0.15) is 26.7 Å². The van der Waals surface area contributed by atoms with Crippen LogP contribution in [0, 0.1) is 5.92 Å². The van der Waals surface area contributed by atoms with Gasteiger partial charge in [-0.1, -0.05) is 12.0 Å². The minimum atomic E-state index is -0.542. The zero-order valence-electron chi connectivity index (χ0n) is 11.0. The second kappa shape index (κ2) is 9.44. The lowest BCUT2D eigenvalue weighted by Crippen LogP contribution is -2.33. The number of hydrogen-bond donors (Lipinski definition) is 0. The minimum absolute atomic E-state index is 0.0695. The Morgan fingerprint density at radius 3 is 2.50 bits per heavy atom. The predicted molar refractivity (Wildman–Crippen MR) is 64.8 cm³/mol. The minimum Gasteiger partial charge on any atom is -0.466 e. The van der Waals surface area contributed by atoms with Gasteiger partial charge >= 0.3 is 5.97 Å². The Balaban J connectivity index is 4.57. The number of esters is 1. The van der Waals surface area contributed by atoms with Crippen LogP contribution in [0.5, 0.6) is 0 Å². The number of hydrogen-bond acceptors (Lipinski definition) is 5. The highest BCUT2D eigenvalue weighted by atomic mass is 16.5. The molecule has 0 aromatic heterocycles. The van der Waals surface area contributed by atoms with Gasteiger partial charge < -0.3 is 9.47 Å². The monoisotopic (exact) mass is 257 g/mol. The lowest BCUT2D eigenvalue weighted by Gasteiger charge is -2.22. The van der Waals surface area contributed by atoms with E-state index >= 15 is 0 Å². The lowest BCUT2D eigenvalue weighted by molar-refractivity contribution is -0.147. The van der Waals surface area contributed by atoms with E-state index < -0.39 is 18.0 Å². The quantitative estimate of drug-likeness (QED) is 0.207. The fourth-order valence-corrected chi connectivity index (χ4v) is 1.67. The molecule has 7 nitrogen and oxygen atoms in total. The maximum absolute atomic E-state index is 11.9. The van der Waals surface area contributed by atoms with Gasteiger partial charge in [-0.3, -0.25) is 9.59 Å². The van der Waals surface area contributed by atoms with E-state index in [4.69, 9.17) is 15.0 Å². The summed E-state index contributed by atoms with van der Waals surface area (Å²) in [6.07, 6.45) is -0.270. The summed E-state index contributed by atoms with van der Waals surface area (Å²) >= 11 is 0. The molecule has 0 saturated heterocycles. The van der Waals surface area contributed by atoms with Gasteiger partial charge in [-0.15, -0.1) is 0 Å². The van der Waals surface area contributed by atoms with Crippen LogP contribution in [0.25, 0.3) is 10.4 Å². The van der Waals surface area contributed by atoms with E-state index in [1.807, 2.05) is 6.92 Å². The summed E-state index contributed by atoms with van der Waals surface area (Å²) in [5.41, 5.74) is 8.26. The molecule has 0 aromatic carbocycles. The van der Waals surface area contributed by atoms with Gasteiger partial charge in [0.2, 0.25) is 0 Å². The number of carbonyl (C=O) groups is 2. The van der Waals surface area contributed by atoms with Crippen LogP contribution in [-0.2, 0) is 19.1 Å². The highest BCUT2D eigenvalue weighted by Gasteiger charge is 2.27. The molecule has 0 unspecified atom stereocenters. The molecular weight excluding hydrogens is 238 g/mol. The van der Waals surface area contributed by atoms with Gasteiger partial charge in [0.05, 0.1) is 19.3 Å². The Bertz CT molecular complexity index is 326. The molecule has 2 atom stereocenters. The van der Waals surface area contributed by atoms with Gasteiger partial charge in [-0.05, 0) is 18.9 Å². The Morgan fingerprint density at radius 1 is 1.39 bits per heavy atom. The summed E-state index contributed by atoms with van der Waals surface area (Å²) in [5, 5.41) is 3.40. The highest BCUT2D eigenvalue weighted by Crippen LogP contribution is 2.16. The average Bonchev–Trinajstić information content (AvgIpc) is 2.34. The van der Waals surface area contributed by atoms with Crippen molar-refractivity contribution in [3.8, 4) is 0 Å². The third-order valence-electron chi connectivity index (χ3n) is 2.55. The summed E-state index contributed by atoms with van der Waals surface area (Å²) < 4.78 is 9.85. The SMILES string of the molecule is CCOC(=O)CC(=O)[C@@H](CC)[C@@H](CN=[N+]=[N-])OC. The maximum Gasteiger partial charge on any atom is 0.313 e. The molecule has 0 bridgehead atoms. The number of ether oxygens (including phenoxy) is 2. The molecule has 0 aromatic rings. The molecule has 0 heterocycles. The van der Waals surface area contributed by atoms with E-state index in [0.717, 1.165) is 0 Å². The van der Waals surface area contributed by atoms with Gasteiger partial charge in [0.25, 0.3) is 0 Å². The number of carbonyl (C=O) groups excluding carboxylic acids is 2. The van der Waals surface area contributed by atoms with Crippen molar-refractivity contribution in [2.24, 2.45) is 11.0 Å². The van der Waals surface area contributed by atoms with Gasteiger partial charge in [0.15, 0.2) is 0 Å². The van der Waals surface area contributed by atoms with Crippen LogP contribution < -0.4 is 0 Å². The molecule has 0 amide bonds. The summed E-state index contributed by atoms with van der Waals surface area (Å²) in [6, 6.07) is 0. The van der Waals surface area contributed by atoms with Crippen molar-refractivity contribution in [2.75, 3.05) is 20.3 Å². The summed E-state index contributed by atoms with van der Waals surface area (Å²) in [6.45, 7) is 3.81. The first-order chi connectivity index (χ1) is 8.60. The fraction of sp³-hybridized carbons (Fsp3) is 0.818. The molecule has 7 heteroatoms. The van der Waals surface area contributed by atoms with E-state index in [1.165, 1.54) is 7.11 Å². The van der Waals surface area contributed by atoms with Crippen molar-refractivity contribution in [3.63, 3.8) is 0 Å². The van der Waals surface area contributed by atoms with Crippen molar-refractivity contribution >= 4 is 11.8 Å². The molecule has 102 valence electrons. The molecule has 0 spiro atoms. The smallest absolute Gasteiger partial charge is 0.313 e. The summed E-state index contributed by atoms with van der Waals surface area (Å²) in [4.78, 5) is 25.8. The number of ketones is 1. The fourth-order valence-electron chi connectivity index (χ4n) is 1.67. The molecule has 0 rings (SSSR count). The number of nitrogens with zero attached hydrogens (tertiary/aromatic N) is 3. The Kier molecular flexibility index (Phi) is 8.61. The van der Waals surface area contributed by atoms with Gasteiger partial charge in [0, 0.05) is 17.9 Å². The molecule has 0 radical (unpaired) electrons. The van der Waals surface area contributed by atoms with E-state index in [2.05, 4.69) is 10.0 Å². The van der Waals surface area contributed by atoms with E-state index in [9.17, 15) is 9.59 Å². The Hall–Kier alpha value is -1.59. The molecule has 0 N–H and O–H groups in total. The van der Waals surface area contributed by atoms with E-state index in [1.54, 1.807) is 6.92 Å². The standard InChI is InChI=1S/C11H19N3O4/c1-4-8(10(17-3)7-13-14-12)9(15)6-11(16)18-5-2/h8,10H,4-7H2,1-3H3/t8-,10-/m1/s1. The van der Waals surface area contributed by atoms with Crippen LogP contribution >= 0.6 is 0 Å². The second-order valence-electron chi connectivity index (χ2n) is 3.65. The van der Waals surface area contributed by atoms with Crippen LogP contribution in [0.2, 0.25) is 0 Å². The molecular formula is C11H19N3O4. The largest absolute Gasteiger partial charge is 0.466 e. The Labute approximate surface area is 106 Å². The normalized spacial score (nSPS) is 13.3. The van der Waals surface area contributed by atoms with Crippen molar-refractivity contribution in [1.29, 1.82) is 0 Å². The first-order valence-corrected chi connectivity index (χ1v) is 5.82. The van der Waals surface area contributed by atoms with E-state index in [0.29, 0.717) is 6.42 Å². The van der Waals surface area contributed by atoms with Crippen LogP contribution in [0.3, 0.4) is 0 Å². The first kappa shape index (κ1) is 16.4. The van der Waals surface area contributed by atoms with Crippen LogP contribution in [0.15, 0.2) is 5.11 Å². The van der Waals surface area contributed by atoms with E-state index in [-0.39, 0.29) is 25.4 Å². The first-order valence-electron chi connectivity index (χ1n) is 5.82. The molecule has 0 fully saturated rings. The van der Waals surface area contributed by atoms with Crippen LogP contribution in [-0.4, -0.2) is 38.1 Å². The second-order valence-corrected chi connectivity index (χ2v) is 3.65. The average molecular weight is 257 g/mol. The molecule has 0 aliphatic rings. The van der Waals surface area contributed by atoms with Gasteiger partial charge in [0.1, 0.15) is 12.2 Å². The maximum atomic E-state index is 11.9. The highest BCUT2D eigenvalue weighted by molar-refractivity contribution is 5.97. The van der Waals surface area contributed by atoms with Crippen molar-refractivity contribution in [1.82, 2.24) is 0 Å². The third kappa shape index (κ3) is 5.65. The van der Waals surface area contributed by atoms with Gasteiger partial charge in [-0.25, -0.2) is 0 Å². The molecule has 0 saturated carbocycles. The van der Waals surface area contributed by atoms with Crippen LogP contribution in [0.4, 0.5) is 0 Å². The lowest BCUT2D eigenvalue weighted by atomic mass is 9.92.